The lowest BCUT2D eigenvalue weighted by Crippen LogP contribution is -2.12. The summed E-state index contributed by atoms with van der Waals surface area (Å²) >= 11 is 3.31. The highest BCUT2D eigenvalue weighted by Crippen LogP contribution is 2.19. The number of hydrogen-bond acceptors (Lipinski definition) is 3. The van der Waals surface area contributed by atoms with E-state index in [1.807, 2.05) is 6.07 Å². The average Bonchev–Trinajstić information content (AvgIpc) is 2.16. The van der Waals surface area contributed by atoms with Crippen LogP contribution in [0.1, 0.15) is 10.4 Å². The van der Waals surface area contributed by atoms with Crippen LogP contribution in [0.5, 0.6) is 0 Å². The van der Waals surface area contributed by atoms with E-state index in [1.54, 1.807) is 12.1 Å². The van der Waals surface area contributed by atoms with Crippen LogP contribution in [0.25, 0.3) is 10.9 Å². The van der Waals surface area contributed by atoms with Crippen LogP contribution in [0.15, 0.2) is 28.9 Å². The first-order valence-electron chi connectivity index (χ1n) is 3.89. The fourth-order valence-electron chi connectivity index (χ4n) is 1.23. The molecule has 0 bridgehead atoms. The highest BCUT2D eigenvalue weighted by atomic mass is 79.9. The van der Waals surface area contributed by atoms with E-state index >= 15 is 0 Å². The molecule has 0 saturated carbocycles. The van der Waals surface area contributed by atoms with Crippen molar-refractivity contribution in [3.63, 3.8) is 0 Å². The molecule has 1 heterocycles. The number of fused-ring (bicyclic) bond motifs is 1. The summed E-state index contributed by atoms with van der Waals surface area (Å²) in [6.07, 6.45) is 1.37. The first-order valence-corrected chi connectivity index (χ1v) is 4.68. The van der Waals surface area contributed by atoms with Crippen LogP contribution in [0.3, 0.4) is 0 Å². The number of nitrogens with zero attached hydrogens (tertiary/aromatic N) is 2. The van der Waals surface area contributed by atoms with E-state index in [4.69, 9.17) is 5.73 Å². The molecule has 0 atom stereocenters. The van der Waals surface area contributed by atoms with Gasteiger partial charge in [-0.25, -0.2) is 0 Å². The molecule has 0 fully saturated rings. The van der Waals surface area contributed by atoms with E-state index in [-0.39, 0.29) is 0 Å². The van der Waals surface area contributed by atoms with Crippen molar-refractivity contribution in [3.05, 3.63) is 34.4 Å². The molecule has 0 saturated heterocycles. The molecule has 0 aliphatic heterocycles. The largest absolute Gasteiger partial charge is 0.366 e. The van der Waals surface area contributed by atoms with Gasteiger partial charge in [0.05, 0.1) is 17.3 Å². The van der Waals surface area contributed by atoms with Gasteiger partial charge in [0.25, 0.3) is 5.91 Å². The predicted molar refractivity (Wildman–Crippen MR) is 55.8 cm³/mol. The Balaban J connectivity index is 2.81. The van der Waals surface area contributed by atoms with Gasteiger partial charge in [-0.3, -0.25) is 4.79 Å². The van der Waals surface area contributed by atoms with Crippen molar-refractivity contribution in [2.45, 2.75) is 0 Å². The number of halogens is 1. The molecule has 2 N–H and O–H groups in total. The maximum atomic E-state index is 11.0. The molecule has 2 aromatic rings. The van der Waals surface area contributed by atoms with Crippen LogP contribution >= 0.6 is 15.9 Å². The Hall–Kier alpha value is -1.49. The number of primary amides is 1. The summed E-state index contributed by atoms with van der Waals surface area (Å²) in [4.78, 5) is 11.0. The zero-order valence-electron chi connectivity index (χ0n) is 7.07. The topological polar surface area (TPSA) is 68.9 Å². The van der Waals surface area contributed by atoms with Crippen LogP contribution in [0.4, 0.5) is 0 Å². The molecular weight excluding hydrogens is 246 g/mol. The van der Waals surface area contributed by atoms with Crippen molar-refractivity contribution < 1.29 is 4.79 Å². The molecule has 1 aromatic carbocycles. The van der Waals surface area contributed by atoms with E-state index in [0.717, 1.165) is 9.86 Å². The van der Waals surface area contributed by atoms with Crippen molar-refractivity contribution in [1.82, 2.24) is 10.2 Å². The average molecular weight is 252 g/mol. The minimum absolute atomic E-state index is 0.391. The van der Waals surface area contributed by atoms with E-state index < -0.39 is 5.91 Å². The second-order valence-corrected chi connectivity index (χ2v) is 3.70. The smallest absolute Gasteiger partial charge is 0.251 e. The molecule has 4 nitrogen and oxygen atoms in total. The molecule has 0 aliphatic rings. The monoisotopic (exact) mass is 251 g/mol. The number of aromatic nitrogens is 2. The number of carbonyl (C=O) groups excluding carboxylic acids is 1. The van der Waals surface area contributed by atoms with Gasteiger partial charge in [-0.1, -0.05) is 22.0 Å². The van der Waals surface area contributed by atoms with Crippen molar-refractivity contribution >= 4 is 32.7 Å². The molecule has 14 heavy (non-hydrogen) atoms. The Morgan fingerprint density at radius 1 is 1.43 bits per heavy atom. The summed E-state index contributed by atoms with van der Waals surface area (Å²) in [6, 6.07) is 5.40. The third kappa shape index (κ3) is 1.46. The first kappa shape index (κ1) is 9.08. The number of hydrogen-bond donors (Lipinski definition) is 1. The molecule has 5 heteroatoms. The van der Waals surface area contributed by atoms with E-state index in [0.29, 0.717) is 11.1 Å². The zero-order valence-corrected chi connectivity index (χ0v) is 8.65. The normalized spacial score (nSPS) is 10.4. The summed E-state index contributed by atoms with van der Waals surface area (Å²) in [7, 11) is 0. The number of rotatable bonds is 1. The standard InChI is InChI=1S/C9H6BrN3O/c10-5-1-2-6-7(9(11)14)4-12-13-8(6)3-5/h1-4H,(H2,11,14). The minimum Gasteiger partial charge on any atom is -0.366 e. The lowest BCUT2D eigenvalue weighted by molar-refractivity contribution is 0.100. The minimum atomic E-state index is -0.493. The lowest BCUT2D eigenvalue weighted by atomic mass is 10.1. The molecule has 0 unspecified atom stereocenters. The summed E-state index contributed by atoms with van der Waals surface area (Å²) in [5, 5.41) is 8.32. The van der Waals surface area contributed by atoms with E-state index in [9.17, 15) is 4.79 Å². The second-order valence-electron chi connectivity index (χ2n) is 2.78. The van der Waals surface area contributed by atoms with Crippen molar-refractivity contribution in [3.8, 4) is 0 Å². The molecule has 0 aliphatic carbocycles. The third-order valence-electron chi connectivity index (χ3n) is 1.87. The second kappa shape index (κ2) is 3.34. The Morgan fingerprint density at radius 2 is 2.21 bits per heavy atom. The maximum absolute atomic E-state index is 11.0. The van der Waals surface area contributed by atoms with Gasteiger partial charge in [-0.15, -0.1) is 0 Å². The summed E-state index contributed by atoms with van der Waals surface area (Å²) < 4.78 is 0.890. The summed E-state index contributed by atoms with van der Waals surface area (Å²) in [5.74, 6) is -0.493. The van der Waals surface area contributed by atoms with Gasteiger partial charge in [-0.05, 0) is 12.1 Å². The Labute approximate surface area is 88.3 Å². The van der Waals surface area contributed by atoms with E-state index in [2.05, 4.69) is 26.1 Å². The Morgan fingerprint density at radius 3 is 2.93 bits per heavy atom. The Bertz CT molecular complexity index is 512. The number of benzene rings is 1. The van der Waals surface area contributed by atoms with Gasteiger partial charge in [-0.2, -0.15) is 10.2 Å². The fourth-order valence-corrected chi connectivity index (χ4v) is 1.58. The molecule has 1 amide bonds. The number of amides is 1. The van der Waals surface area contributed by atoms with Crippen molar-refractivity contribution in [2.24, 2.45) is 5.73 Å². The van der Waals surface area contributed by atoms with Crippen LogP contribution in [0, 0.1) is 0 Å². The van der Waals surface area contributed by atoms with Crippen LogP contribution in [-0.2, 0) is 0 Å². The Kier molecular flexibility index (Phi) is 2.17. The van der Waals surface area contributed by atoms with Crippen molar-refractivity contribution in [1.29, 1.82) is 0 Å². The number of carbonyl (C=O) groups is 1. The summed E-state index contributed by atoms with van der Waals surface area (Å²) in [6.45, 7) is 0. The third-order valence-corrected chi connectivity index (χ3v) is 2.36. The quantitative estimate of drug-likeness (QED) is 0.835. The highest BCUT2D eigenvalue weighted by molar-refractivity contribution is 9.10. The lowest BCUT2D eigenvalue weighted by Gasteiger charge is -2.00. The van der Waals surface area contributed by atoms with Crippen LogP contribution in [0.2, 0.25) is 0 Å². The van der Waals surface area contributed by atoms with E-state index in [1.165, 1.54) is 6.20 Å². The SMILES string of the molecule is NC(=O)c1cnnc2cc(Br)ccc12. The summed E-state index contributed by atoms with van der Waals surface area (Å²) in [5.41, 5.74) is 6.24. The molecule has 2 rings (SSSR count). The highest BCUT2D eigenvalue weighted by Gasteiger charge is 2.07. The predicted octanol–water partition coefficient (Wildman–Crippen LogP) is 1.49. The van der Waals surface area contributed by atoms with Gasteiger partial charge in [0.2, 0.25) is 0 Å². The molecule has 0 radical (unpaired) electrons. The van der Waals surface area contributed by atoms with Gasteiger partial charge in [0, 0.05) is 9.86 Å². The van der Waals surface area contributed by atoms with Gasteiger partial charge >= 0.3 is 0 Å². The first-order chi connectivity index (χ1) is 6.68. The van der Waals surface area contributed by atoms with Crippen LogP contribution in [-0.4, -0.2) is 16.1 Å². The van der Waals surface area contributed by atoms with Crippen LogP contribution < -0.4 is 5.73 Å². The molecule has 1 aromatic heterocycles. The number of nitrogens with two attached hydrogens (primary N) is 1. The molecular formula is C9H6BrN3O. The maximum Gasteiger partial charge on any atom is 0.251 e. The van der Waals surface area contributed by atoms with Gasteiger partial charge in [0.15, 0.2) is 0 Å². The van der Waals surface area contributed by atoms with Gasteiger partial charge in [0.1, 0.15) is 0 Å². The van der Waals surface area contributed by atoms with Crippen molar-refractivity contribution in [2.75, 3.05) is 0 Å². The molecule has 70 valence electrons. The zero-order chi connectivity index (χ0) is 10.1. The van der Waals surface area contributed by atoms with Gasteiger partial charge < -0.3 is 5.73 Å². The fraction of sp³-hybridized carbons (Fsp3) is 0. The molecule has 0 spiro atoms.